The lowest BCUT2D eigenvalue weighted by Gasteiger charge is -2.24. The third kappa shape index (κ3) is 3.47. The Hall–Kier alpha value is -1.48. The molecule has 4 aromatic rings. The SMILES string of the molecule is CC(C)(C)c1cc2c(Cl)c(CC(C)(C)c3cc4cccc(Cl)c4s3)ccc2o1. The number of hydrogen-bond acceptors (Lipinski definition) is 2. The molecule has 0 aliphatic rings. The molecule has 0 fully saturated rings. The summed E-state index contributed by atoms with van der Waals surface area (Å²) in [6, 6.07) is 14.6. The summed E-state index contributed by atoms with van der Waals surface area (Å²) >= 11 is 15.0. The van der Waals surface area contributed by atoms with Crippen LogP contribution in [0.5, 0.6) is 0 Å². The molecule has 0 bridgehead atoms. The third-order valence-electron chi connectivity index (χ3n) is 5.25. The molecule has 4 heteroatoms. The molecule has 0 spiro atoms. The van der Waals surface area contributed by atoms with Crippen LogP contribution in [0.3, 0.4) is 0 Å². The molecule has 2 heterocycles. The number of furan rings is 1. The van der Waals surface area contributed by atoms with Gasteiger partial charge in [-0.3, -0.25) is 0 Å². The van der Waals surface area contributed by atoms with Gasteiger partial charge >= 0.3 is 0 Å². The molecule has 0 unspecified atom stereocenters. The largest absolute Gasteiger partial charge is 0.460 e. The van der Waals surface area contributed by atoms with E-state index >= 15 is 0 Å². The van der Waals surface area contributed by atoms with Gasteiger partial charge in [0.15, 0.2) is 0 Å². The summed E-state index contributed by atoms with van der Waals surface area (Å²) in [5.41, 5.74) is 1.90. The normalized spacial score (nSPS) is 13.0. The van der Waals surface area contributed by atoms with E-state index in [-0.39, 0.29) is 10.8 Å². The second-order valence-electron chi connectivity index (χ2n) is 9.14. The fourth-order valence-electron chi connectivity index (χ4n) is 3.55. The molecule has 1 nitrogen and oxygen atoms in total. The summed E-state index contributed by atoms with van der Waals surface area (Å²) < 4.78 is 7.19. The van der Waals surface area contributed by atoms with Crippen molar-refractivity contribution < 1.29 is 4.42 Å². The highest BCUT2D eigenvalue weighted by Gasteiger charge is 2.27. The molecular weight excluding hydrogens is 407 g/mol. The molecule has 2 aromatic heterocycles. The second kappa shape index (κ2) is 6.79. The van der Waals surface area contributed by atoms with Crippen molar-refractivity contribution in [3.63, 3.8) is 0 Å². The summed E-state index contributed by atoms with van der Waals surface area (Å²) in [6.45, 7) is 11.0. The van der Waals surface area contributed by atoms with Crippen LogP contribution in [-0.2, 0) is 17.3 Å². The summed E-state index contributed by atoms with van der Waals surface area (Å²) in [6.07, 6.45) is 0.849. The van der Waals surface area contributed by atoms with Crippen LogP contribution in [0.25, 0.3) is 21.1 Å². The Labute approximate surface area is 180 Å². The van der Waals surface area contributed by atoms with Gasteiger partial charge in [0, 0.05) is 21.1 Å². The van der Waals surface area contributed by atoms with Crippen molar-refractivity contribution in [1.82, 2.24) is 0 Å². The maximum absolute atomic E-state index is 6.82. The van der Waals surface area contributed by atoms with Gasteiger partial charge in [0.1, 0.15) is 11.3 Å². The van der Waals surface area contributed by atoms with Crippen LogP contribution in [0.4, 0.5) is 0 Å². The van der Waals surface area contributed by atoms with Crippen molar-refractivity contribution in [1.29, 1.82) is 0 Å². The first kappa shape index (κ1) is 19.8. The molecule has 0 radical (unpaired) electrons. The summed E-state index contributed by atoms with van der Waals surface area (Å²) in [4.78, 5) is 1.31. The van der Waals surface area contributed by atoms with E-state index in [0.29, 0.717) is 0 Å². The molecule has 0 aliphatic carbocycles. The Kier molecular flexibility index (Phi) is 4.81. The van der Waals surface area contributed by atoms with Crippen molar-refractivity contribution in [2.75, 3.05) is 0 Å². The van der Waals surface area contributed by atoms with Gasteiger partial charge in [-0.15, -0.1) is 11.3 Å². The quantitative estimate of drug-likeness (QED) is 0.316. The lowest BCUT2D eigenvalue weighted by Crippen LogP contribution is -2.19. The van der Waals surface area contributed by atoms with Crippen LogP contribution in [0, 0.1) is 0 Å². The average Bonchev–Trinajstić information content (AvgIpc) is 3.22. The minimum atomic E-state index is -0.0546. The highest BCUT2D eigenvalue weighted by Crippen LogP contribution is 2.41. The smallest absolute Gasteiger partial charge is 0.135 e. The van der Waals surface area contributed by atoms with Crippen LogP contribution in [0.2, 0.25) is 10.0 Å². The van der Waals surface area contributed by atoms with Gasteiger partial charge in [0.2, 0.25) is 0 Å². The number of halogens is 2. The fraction of sp³-hybridized carbons (Fsp3) is 0.333. The molecule has 0 saturated carbocycles. The van der Waals surface area contributed by atoms with Crippen LogP contribution in [0.1, 0.15) is 50.8 Å². The first-order valence-electron chi connectivity index (χ1n) is 9.46. The zero-order valence-corrected chi connectivity index (χ0v) is 19.1. The van der Waals surface area contributed by atoms with Crippen LogP contribution >= 0.6 is 34.5 Å². The average molecular weight is 431 g/mol. The van der Waals surface area contributed by atoms with E-state index in [2.05, 4.69) is 58.9 Å². The first-order chi connectivity index (χ1) is 13.1. The number of benzene rings is 2. The number of rotatable bonds is 3. The van der Waals surface area contributed by atoms with E-state index in [0.717, 1.165) is 43.5 Å². The molecule has 146 valence electrons. The Morgan fingerprint density at radius 1 is 0.964 bits per heavy atom. The van der Waals surface area contributed by atoms with Crippen LogP contribution in [0.15, 0.2) is 46.9 Å². The highest BCUT2D eigenvalue weighted by molar-refractivity contribution is 7.19. The van der Waals surface area contributed by atoms with Crippen molar-refractivity contribution >= 4 is 55.6 Å². The zero-order valence-electron chi connectivity index (χ0n) is 16.8. The fourth-order valence-corrected chi connectivity index (χ4v) is 5.29. The van der Waals surface area contributed by atoms with E-state index in [1.54, 1.807) is 11.3 Å². The minimum Gasteiger partial charge on any atom is -0.460 e. The van der Waals surface area contributed by atoms with Gasteiger partial charge in [-0.05, 0) is 41.6 Å². The maximum atomic E-state index is 6.82. The van der Waals surface area contributed by atoms with Gasteiger partial charge in [-0.2, -0.15) is 0 Å². The Morgan fingerprint density at radius 2 is 1.71 bits per heavy atom. The Balaban J connectivity index is 1.73. The standard InChI is InChI=1S/C24H24Cl2OS/c1-23(2,3)19-12-16-18(27-19)10-9-15(21(16)26)13-24(4,5)20-11-14-7-6-8-17(25)22(14)28-20/h6-12H,13H2,1-5H3. The molecule has 0 atom stereocenters. The summed E-state index contributed by atoms with van der Waals surface area (Å²) in [5.74, 6) is 0.958. The number of fused-ring (bicyclic) bond motifs is 2. The molecule has 2 aromatic carbocycles. The van der Waals surface area contributed by atoms with Gasteiger partial charge in [-0.1, -0.05) is 76.0 Å². The first-order valence-corrected chi connectivity index (χ1v) is 11.0. The second-order valence-corrected chi connectivity index (χ2v) is 11.0. The maximum Gasteiger partial charge on any atom is 0.135 e. The van der Waals surface area contributed by atoms with Crippen LogP contribution < -0.4 is 0 Å². The molecule has 4 rings (SSSR count). The van der Waals surface area contributed by atoms with E-state index in [9.17, 15) is 0 Å². The monoisotopic (exact) mass is 430 g/mol. The van der Waals surface area contributed by atoms with Gasteiger partial charge in [0.05, 0.1) is 14.7 Å². The topological polar surface area (TPSA) is 13.1 Å². The van der Waals surface area contributed by atoms with Crippen molar-refractivity contribution in [2.24, 2.45) is 0 Å². The van der Waals surface area contributed by atoms with Gasteiger partial charge < -0.3 is 4.42 Å². The highest BCUT2D eigenvalue weighted by atomic mass is 35.5. The van der Waals surface area contributed by atoms with E-state index in [1.165, 1.54) is 10.3 Å². The Morgan fingerprint density at radius 3 is 2.39 bits per heavy atom. The predicted octanol–water partition coefficient (Wildman–Crippen LogP) is 8.77. The molecular formula is C24H24Cl2OS. The number of thiophene rings is 1. The molecule has 0 saturated heterocycles. The van der Waals surface area contributed by atoms with E-state index in [1.807, 2.05) is 18.2 Å². The molecule has 28 heavy (non-hydrogen) atoms. The molecule has 0 N–H and O–H groups in total. The Bertz CT molecular complexity index is 1170. The van der Waals surface area contributed by atoms with Crippen molar-refractivity contribution in [3.8, 4) is 0 Å². The number of hydrogen-bond donors (Lipinski definition) is 0. The third-order valence-corrected chi connectivity index (χ3v) is 7.67. The van der Waals surface area contributed by atoms with E-state index in [4.69, 9.17) is 27.6 Å². The minimum absolute atomic E-state index is 0.0435. The zero-order chi connectivity index (χ0) is 20.3. The van der Waals surface area contributed by atoms with Crippen molar-refractivity contribution in [3.05, 3.63) is 68.7 Å². The lowest BCUT2D eigenvalue weighted by atomic mass is 9.84. The van der Waals surface area contributed by atoms with Crippen molar-refractivity contribution in [2.45, 2.75) is 51.9 Å². The van der Waals surface area contributed by atoms with E-state index < -0.39 is 0 Å². The summed E-state index contributed by atoms with van der Waals surface area (Å²) in [5, 5.41) is 3.81. The molecule has 0 aliphatic heterocycles. The van der Waals surface area contributed by atoms with Gasteiger partial charge in [0.25, 0.3) is 0 Å². The van der Waals surface area contributed by atoms with Crippen LogP contribution in [-0.4, -0.2) is 0 Å². The molecule has 0 amide bonds. The van der Waals surface area contributed by atoms with Gasteiger partial charge in [-0.25, -0.2) is 0 Å². The summed E-state index contributed by atoms with van der Waals surface area (Å²) in [7, 11) is 0. The predicted molar refractivity (Wildman–Crippen MR) is 123 cm³/mol. The lowest BCUT2D eigenvalue weighted by molar-refractivity contribution is 0.430.